The van der Waals surface area contributed by atoms with Gasteiger partial charge in [-0.2, -0.15) is 0 Å². The van der Waals surface area contributed by atoms with Gasteiger partial charge in [0.15, 0.2) is 0 Å². The zero-order chi connectivity index (χ0) is 7.52. The fraction of sp³-hybridized carbons (Fsp3) is 0.333. The van der Waals surface area contributed by atoms with Crippen LogP contribution in [0.15, 0.2) is 30.3 Å². The van der Waals surface area contributed by atoms with Gasteiger partial charge >= 0.3 is 0 Å². The quantitative estimate of drug-likeness (QED) is 0.683. The summed E-state index contributed by atoms with van der Waals surface area (Å²) < 4.78 is 0. The van der Waals surface area contributed by atoms with E-state index < -0.39 is 0 Å². The van der Waals surface area contributed by atoms with Crippen LogP contribution < -0.4 is 5.32 Å². The van der Waals surface area contributed by atoms with Crippen molar-refractivity contribution in [1.29, 1.82) is 0 Å². The summed E-state index contributed by atoms with van der Waals surface area (Å²) in [4.78, 5) is 0. The van der Waals surface area contributed by atoms with Gasteiger partial charge in [0.05, 0.1) is 5.37 Å². The summed E-state index contributed by atoms with van der Waals surface area (Å²) in [5, 5.41) is 3.97. The molecule has 11 heavy (non-hydrogen) atoms. The Kier molecular flexibility index (Phi) is 2.15. The van der Waals surface area contributed by atoms with Crippen LogP contribution in [0.5, 0.6) is 0 Å². The minimum absolute atomic E-state index is 0.538. The van der Waals surface area contributed by atoms with Crippen LogP contribution in [0, 0.1) is 0 Å². The molecule has 1 N–H and O–H groups in total. The molecule has 0 radical (unpaired) electrons. The molecular formula is C9H11NS. The average Bonchev–Trinajstić information content (AvgIpc) is 2.58. The molecule has 1 atom stereocenters. The first-order chi connectivity index (χ1) is 5.47. The van der Waals surface area contributed by atoms with Crippen LogP contribution in [0.4, 0.5) is 0 Å². The van der Waals surface area contributed by atoms with Gasteiger partial charge in [-0.25, -0.2) is 0 Å². The van der Waals surface area contributed by atoms with Crippen LogP contribution in [0.25, 0.3) is 0 Å². The molecule has 1 heterocycles. The third-order valence-corrected chi connectivity index (χ3v) is 3.03. The normalized spacial score (nSPS) is 23.8. The third-order valence-electron chi connectivity index (χ3n) is 1.82. The lowest BCUT2D eigenvalue weighted by molar-refractivity contribution is 0.751. The van der Waals surface area contributed by atoms with Crippen LogP contribution in [-0.4, -0.2) is 12.3 Å². The standard InChI is InChI=1S/C9H11NS/c1-2-4-8(5-3-1)9-10-6-7-11-9/h1-5,9-10H,6-7H2/t9-/m0/s1. The van der Waals surface area contributed by atoms with E-state index in [9.17, 15) is 0 Å². The molecule has 1 saturated heterocycles. The van der Waals surface area contributed by atoms with E-state index >= 15 is 0 Å². The molecule has 1 nitrogen and oxygen atoms in total. The average molecular weight is 165 g/mol. The zero-order valence-electron chi connectivity index (χ0n) is 6.29. The highest BCUT2D eigenvalue weighted by molar-refractivity contribution is 7.99. The molecule has 0 unspecified atom stereocenters. The van der Waals surface area contributed by atoms with Gasteiger partial charge in [-0.05, 0) is 5.56 Å². The van der Waals surface area contributed by atoms with Gasteiger partial charge in [-0.3, -0.25) is 0 Å². The lowest BCUT2D eigenvalue weighted by Gasteiger charge is -2.08. The molecule has 0 spiro atoms. The van der Waals surface area contributed by atoms with Crippen molar-refractivity contribution in [2.75, 3.05) is 12.3 Å². The van der Waals surface area contributed by atoms with Crippen molar-refractivity contribution >= 4 is 11.8 Å². The fourth-order valence-corrected chi connectivity index (χ4v) is 2.32. The van der Waals surface area contributed by atoms with Crippen LogP contribution in [-0.2, 0) is 0 Å². The van der Waals surface area contributed by atoms with E-state index in [0.29, 0.717) is 5.37 Å². The summed E-state index contributed by atoms with van der Waals surface area (Å²) in [6.45, 7) is 1.14. The molecule has 2 heteroatoms. The maximum atomic E-state index is 3.44. The van der Waals surface area contributed by atoms with E-state index in [0.717, 1.165) is 6.54 Å². The topological polar surface area (TPSA) is 12.0 Å². The second kappa shape index (κ2) is 3.28. The molecule has 0 bridgehead atoms. The highest BCUT2D eigenvalue weighted by Crippen LogP contribution is 2.29. The van der Waals surface area contributed by atoms with E-state index in [4.69, 9.17) is 0 Å². The number of hydrogen-bond acceptors (Lipinski definition) is 2. The molecule has 0 aliphatic carbocycles. The maximum absolute atomic E-state index is 3.44. The summed E-state index contributed by atoms with van der Waals surface area (Å²) in [7, 11) is 0. The van der Waals surface area contributed by atoms with Crippen molar-refractivity contribution in [1.82, 2.24) is 5.32 Å². The first-order valence-corrected chi connectivity index (χ1v) is 4.91. The predicted molar refractivity (Wildman–Crippen MR) is 49.6 cm³/mol. The number of rotatable bonds is 1. The summed E-state index contributed by atoms with van der Waals surface area (Å²) in [5.74, 6) is 1.24. The monoisotopic (exact) mass is 165 g/mol. The minimum atomic E-state index is 0.538. The molecule has 1 aliphatic heterocycles. The smallest absolute Gasteiger partial charge is 0.0790 e. The zero-order valence-corrected chi connectivity index (χ0v) is 7.10. The third kappa shape index (κ3) is 1.57. The van der Waals surface area contributed by atoms with Crippen molar-refractivity contribution in [2.45, 2.75) is 5.37 Å². The Morgan fingerprint density at radius 2 is 2.09 bits per heavy atom. The van der Waals surface area contributed by atoms with E-state index in [1.807, 2.05) is 11.8 Å². The van der Waals surface area contributed by atoms with Gasteiger partial charge in [0.2, 0.25) is 0 Å². The summed E-state index contributed by atoms with van der Waals surface area (Å²) >= 11 is 1.98. The van der Waals surface area contributed by atoms with Crippen LogP contribution in [0.1, 0.15) is 10.9 Å². The number of thioether (sulfide) groups is 1. The number of hydrogen-bond donors (Lipinski definition) is 1. The number of benzene rings is 1. The van der Waals surface area contributed by atoms with E-state index in [2.05, 4.69) is 35.6 Å². The Morgan fingerprint density at radius 1 is 1.27 bits per heavy atom. The van der Waals surface area contributed by atoms with E-state index in [1.54, 1.807) is 0 Å². The van der Waals surface area contributed by atoms with Gasteiger partial charge in [-0.15, -0.1) is 11.8 Å². The van der Waals surface area contributed by atoms with Crippen molar-refractivity contribution < 1.29 is 0 Å². The number of nitrogens with one attached hydrogen (secondary N) is 1. The molecular weight excluding hydrogens is 154 g/mol. The summed E-state index contributed by atoms with van der Waals surface area (Å²) in [6, 6.07) is 10.6. The second-order valence-corrected chi connectivity index (χ2v) is 3.83. The van der Waals surface area contributed by atoms with Crippen molar-refractivity contribution in [3.63, 3.8) is 0 Å². The van der Waals surface area contributed by atoms with E-state index in [1.165, 1.54) is 11.3 Å². The van der Waals surface area contributed by atoms with Gasteiger partial charge in [-0.1, -0.05) is 30.3 Å². The van der Waals surface area contributed by atoms with Gasteiger partial charge in [0.1, 0.15) is 0 Å². The molecule has 0 amide bonds. The van der Waals surface area contributed by atoms with Crippen LogP contribution in [0.3, 0.4) is 0 Å². The van der Waals surface area contributed by atoms with Gasteiger partial charge in [0.25, 0.3) is 0 Å². The maximum Gasteiger partial charge on any atom is 0.0790 e. The Hall–Kier alpha value is -0.470. The highest BCUT2D eigenvalue weighted by Gasteiger charge is 2.15. The van der Waals surface area contributed by atoms with Crippen LogP contribution in [0.2, 0.25) is 0 Å². The van der Waals surface area contributed by atoms with Crippen molar-refractivity contribution in [3.8, 4) is 0 Å². The highest BCUT2D eigenvalue weighted by atomic mass is 32.2. The molecule has 1 fully saturated rings. The molecule has 1 aromatic carbocycles. The Labute approximate surface area is 71.2 Å². The minimum Gasteiger partial charge on any atom is -0.301 e. The predicted octanol–water partition coefficient (Wildman–Crippen LogP) is 2.02. The molecule has 0 aromatic heterocycles. The fourth-order valence-electron chi connectivity index (χ4n) is 1.27. The van der Waals surface area contributed by atoms with Crippen molar-refractivity contribution in [3.05, 3.63) is 35.9 Å². The second-order valence-electron chi connectivity index (χ2n) is 2.62. The Morgan fingerprint density at radius 3 is 2.73 bits per heavy atom. The molecule has 0 saturated carbocycles. The van der Waals surface area contributed by atoms with Gasteiger partial charge in [0, 0.05) is 12.3 Å². The van der Waals surface area contributed by atoms with Crippen LogP contribution >= 0.6 is 11.8 Å². The first kappa shape index (κ1) is 7.19. The Balaban J connectivity index is 2.16. The summed E-state index contributed by atoms with van der Waals surface area (Å²) in [5.41, 5.74) is 1.40. The Bertz CT molecular complexity index is 216. The molecule has 2 rings (SSSR count). The lowest BCUT2D eigenvalue weighted by atomic mass is 10.2. The largest absolute Gasteiger partial charge is 0.301 e. The summed E-state index contributed by atoms with van der Waals surface area (Å²) in [6.07, 6.45) is 0. The van der Waals surface area contributed by atoms with Gasteiger partial charge < -0.3 is 5.32 Å². The molecule has 1 aromatic rings. The lowest BCUT2D eigenvalue weighted by Crippen LogP contribution is -2.11. The molecule has 1 aliphatic rings. The van der Waals surface area contributed by atoms with E-state index in [-0.39, 0.29) is 0 Å². The molecule has 58 valence electrons. The van der Waals surface area contributed by atoms with Crippen molar-refractivity contribution in [2.24, 2.45) is 0 Å². The first-order valence-electron chi connectivity index (χ1n) is 3.87. The SMILES string of the molecule is c1ccc([C@H]2NCCS2)cc1.